The van der Waals surface area contributed by atoms with Gasteiger partial charge in [-0.2, -0.15) is 0 Å². The number of nitro groups is 1. The molecule has 0 N–H and O–H groups in total. The maximum atomic E-state index is 15.2. The van der Waals surface area contributed by atoms with Gasteiger partial charge in [-0.15, -0.1) is 0 Å². The van der Waals surface area contributed by atoms with Crippen LogP contribution in [-0.2, 0) is 11.3 Å². The molecule has 1 aromatic heterocycles. The highest BCUT2D eigenvalue weighted by Crippen LogP contribution is 2.35. The summed E-state index contributed by atoms with van der Waals surface area (Å²) < 4.78 is 38.0. The number of esters is 1. The highest BCUT2D eigenvalue weighted by atomic mass is 19.1. The van der Waals surface area contributed by atoms with Crippen molar-refractivity contribution in [2.24, 2.45) is 5.92 Å². The second-order valence-corrected chi connectivity index (χ2v) is 11.0. The summed E-state index contributed by atoms with van der Waals surface area (Å²) in [7, 11) is 0. The molecule has 5 aromatic carbocycles. The van der Waals surface area contributed by atoms with Gasteiger partial charge in [0.05, 0.1) is 22.5 Å². The van der Waals surface area contributed by atoms with E-state index in [2.05, 4.69) is 4.98 Å². The van der Waals surface area contributed by atoms with Gasteiger partial charge in [0.2, 0.25) is 11.6 Å². The van der Waals surface area contributed by atoms with E-state index in [0.29, 0.717) is 53.5 Å². The first-order valence-corrected chi connectivity index (χ1v) is 14.8. The maximum absolute atomic E-state index is 15.2. The number of ether oxygens (including phenoxy) is 3. The Kier molecular flexibility index (Phi) is 8.03. The molecule has 10 nitrogen and oxygen atoms in total. The van der Waals surface area contributed by atoms with Gasteiger partial charge in [-0.25, -0.2) is 9.37 Å². The van der Waals surface area contributed by atoms with E-state index in [1.165, 1.54) is 24.3 Å². The molecule has 0 saturated carbocycles. The average molecular weight is 632 g/mol. The van der Waals surface area contributed by atoms with Gasteiger partial charge in [-0.05, 0) is 66.2 Å². The first-order chi connectivity index (χ1) is 22.9. The summed E-state index contributed by atoms with van der Waals surface area (Å²) in [5, 5.41) is 11.7. The van der Waals surface area contributed by atoms with E-state index in [-0.39, 0.29) is 28.6 Å². The Labute approximate surface area is 267 Å². The molecule has 0 aliphatic carbocycles. The number of para-hydroxylation sites is 2. The smallest absolute Gasteiger partial charge is 0.317 e. The second-order valence-electron chi connectivity index (χ2n) is 11.0. The third-order valence-corrected chi connectivity index (χ3v) is 7.62. The third-order valence-electron chi connectivity index (χ3n) is 7.62. The molecule has 11 heteroatoms. The van der Waals surface area contributed by atoms with E-state index in [9.17, 15) is 14.9 Å². The molecule has 1 aliphatic rings. The van der Waals surface area contributed by atoms with Gasteiger partial charge in [0.1, 0.15) is 34.3 Å². The summed E-state index contributed by atoms with van der Waals surface area (Å²) in [6.45, 7) is 1.13. The Hall–Kier alpha value is -6.07. The lowest BCUT2D eigenvalue weighted by Crippen LogP contribution is -2.50. The predicted molar refractivity (Wildman–Crippen MR) is 170 cm³/mol. The van der Waals surface area contributed by atoms with Crippen LogP contribution in [0.1, 0.15) is 5.56 Å². The highest BCUT2D eigenvalue weighted by molar-refractivity contribution is 5.79. The van der Waals surface area contributed by atoms with Crippen molar-refractivity contribution in [2.45, 2.75) is 6.54 Å². The number of hydrogen-bond donors (Lipinski definition) is 0. The van der Waals surface area contributed by atoms with Crippen LogP contribution in [-0.4, -0.2) is 33.9 Å². The number of hydrogen-bond acceptors (Lipinski definition) is 9. The van der Waals surface area contributed by atoms with Gasteiger partial charge >= 0.3 is 11.7 Å². The van der Waals surface area contributed by atoms with E-state index in [1.807, 2.05) is 41.3 Å². The Morgan fingerprint density at radius 3 is 2.17 bits per heavy atom. The van der Waals surface area contributed by atoms with E-state index in [0.717, 1.165) is 0 Å². The van der Waals surface area contributed by atoms with Crippen LogP contribution in [0.3, 0.4) is 0 Å². The first kappa shape index (κ1) is 29.6. The maximum Gasteiger partial charge on any atom is 0.317 e. The van der Waals surface area contributed by atoms with Crippen molar-refractivity contribution in [1.29, 1.82) is 0 Å². The lowest BCUT2D eigenvalue weighted by molar-refractivity contribution is -0.385. The number of nitrogens with zero attached hydrogens (tertiary/aromatic N) is 3. The zero-order chi connectivity index (χ0) is 32.3. The molecule has 47 heavy (non-hydrogen) atoms. The van der Waals surface area contributed by atoms with E-state index in [1.54, 1.807) is 54.6 Å². The molecule has 0 spiro atoms. The normalized spacial score (nSPS) is 13.2. The molecule has 0 atom stereocenters. The molecule has 7 rings (SSSR count). The first-order valence-electron chi connectivity index (χ1n) is 14.8. The van der Waals surface area contributed by atoms with Crippen LogP contribution in [0.15, 0.2) is 120 Å². The molecule has 1 saturated heterocycles. The summed E-state index contributed by atoms with van der Waals surface area (Å²) in [5.74, 6) is 0.494. The molecule has 1 aliphatic heterocycles. The molecule has 234 valence electrons. The third kappa shape index (κ3) is 6.65. The number of carbonyl (C=O) groups excluding carboxylic acids is 1. The number of rotatable bonds is 10. The molecule has 0 amide bonds. The van der Waals surface area contributed by atoms with Gasteiger partial charge in [0, 0.05) is 25.7 Å². The number of fused-ring (bicyclic) bond motifs is 1. The van der Waals surface area contributed by atoms with Crippen LogP contribution in [0.2, 0.25) is 0 Å². The van der Waals surface area contributed by atoms with Crippen LogP contribution in [0, 0.1) is 21.8 Å². The minimum Gasteiger partial charge on any atom is -0.457 e. The van der Waals surface area contributed by atoms with Crippen molar-refractivity contribution in [3.05, 3.63) is 137 Å². The van der Waals surface area contributed by atoms with Crippen molar-refractivity contribution in [2.75, 3.05) is 13.1 Å². The quantitative estimate of drug-likeness (QED) is 0.0639. The van der Waals surface area contributed by atoms with Gasteiger partial charge < -0.3 is 18.6 Å². The summed E-state index contributed by atoms with van der Waals surface area (Å²) in [6.07, 6.45) is 0. The van der Waals surface area contributed by atoms with Crippen LogP contribution < -0.4 is 14.2 Å². The standard InChI is InChI=1S/C36H26FN3O7/c37-30-17-23(11-14-29(30)35-38-31-18-27(12-15-33(31)46-35)44-25-7-3-1-4-8-25)20-39-21-24(22-39)36(41)47-34-16-13-28(19-32(34)40(42)43)45-26-9-5-2-6-10-26/h1-19,24H,20-22H2. The lowest BCUT2D eigenvalue weighted by Gasteiger charge is -2.37. The summed E-state index contributed by atoms with van der Waals surface area (Å²) >= 11 is 0. The van der Waals surface area contributed by atoms with Crippen molar-refractivity contribution in [3.8, 4) is 40.2 Å². The molecule has 0 unspecified atom stereocenters. The minimum atomic E-state index is -0.621. The SMILES string of the molecule is O=C(Oc1ccc(Oc2ccccc2)cc1[N+](=O)[O-])C1CN(Cc2ccc(-c3nc4cc(Oc5ccccc5)ccc4o3)c(F)c2)C1. The van der Waals surface area contributed by atoms with Crippen molar-refractivity contribution in [1.82, 2.24) is 9.88 Å². The topological polar surface area (TPSA) is 117 Å². The Morgan fingerprint density at radius 2 is 1.51 bits per heavy atom. The summed E-state index contributed by atoms with van der Waals surface area (Å²) in [5.41, 5.74) is 1.60. The van der Waals surface area contributed by atoms with E-state index >= 15 is 4.39 Å². The van der Waals surface area contributed by atoms with Crippen LogP contribution >= 0.6 is 0 Å². The number of likely N-dealkylation sites (tertiary alicyclic amines) is 1. The summed E-state index contributed by atoms with van der Waals surface area (Å²) in [4.78, 5) is 30.3. The van der Waals surface area contributed by atoms with Crippen LogP contribution in [0.5, 0.6) is 28.7 Å². The van der Waals surface area contributed by atoms with E-state index in [4.69, 9.17) is 18.6 Å². The molecule has 0 bridgehead atoms. The molecular formula is C36H26FN3O7. The monoisotopic (exact) mass is 631 g/mol. The fraction of sp³-hybridized carbons (Fsp3) is 0.111. The molecule has 2 heterocycles. The minimum absolute atomic E-state index is 0.154. The Morgan fingerprint density at radius 1 is 0.851 bits per heavy atom. The number of nitro benzene ring substituents is 1. The molecule has 0 radical (unpaired) electrons. The van der Waals surface area contributed by atoms with Gasteiger partial charge in [-0.3, -0.25) is 19.8 Å². The van der Waals surface area contributed by atoms with Crippen molar-refractivity contribution in [3.63, 3.8) is 0 Å². The number of carbonyl (C=O) groups is 1. The number of aromatic nitrogens is 1. The summed E-state index contributed by atoms with van der Waals surface area (Å²) in [6, 6.07) is 32.3. The van der Waals surface area contributed by atoms with E-state index < -0.39 is 22.6 Å². The predicted octanol–water partition coefficient (Wildman–Crippen LogP) is 8.16. The fourth-order valence-electron chi connectivity index (χ4n) is 5.25. The van der Waals surface area contributed by atoms with Gasteiger partial charge in [0.25, 0.3) is 0 Å². The average Bonchev–Trinajstić information content (AvgIpc) is 3.47. The molecule has 6 aromatic rings. The molecular weight excluding hydrogens is 605 g/mol. The number of halogens is 1. The number of oxazole rings is 1. The molecule has 1 fully saturated rings. The van der Waals surface area contributed by atoms with Gasteiger partial charge in [0.15, 0.2) is 5.58 Å². The zero-order valence-electron chi connectivity index (χ0n) is 24.7. The Bertz CT molecular complexity index is 2080. The van der Waals surface area contributed by atoms with Crippen molar-refractivity contribution >= 4 is 22.8 Å². The fourth-order valence-corrected chi connectivity index (χ4v) is 5.25. The van der Waals surface area contributed by atoms with Crippen molar-refractivity contribution < 1.29 is 32.7 Å². The van der Waals surface area contributed by atoms with Crippen LogP contribution in [0.25, 0.3) is 22.6 Å². The zero-order valence-corrected chi connectivity index (χ0v) is 24.7. The Balaban J connectivity index is 0.954. The van der Waals surface area contributed by atoms with Gasteiger partial charge in [-0.1, -0.05) is 42.5 Å². The number of benzene rings is 5. The highest BCUT2D eigenvalue weighted by Gasteiger charge is 2.35. The van der Waals surface area contributed by atoms with Crippen LogP contribution in [0.4, 0.5) is 10.1 Å². The lowest BCUT2D eigenvalue weighted by atomic mass is 9.99. The second kappa shape index (κ2) is 12.7. The largest absolute Gasteiger partial charge is 0.457 e.